The van der Waals surface area contributed by atoms with Gasteiger partial charge in [0.25, 0.3) is 0 Å². The third-order valence-electron chi connectivity index (χ3n) is 5.08. The number of morpholine rings is 1. The molecule has 1 aliphatic rings. The van der Waals surface area contributed by atoms with E-state index < -0.39 is 0 Å². The number of halogens is 1. The van der Waals surface area contributed by atoms with Gasteiger partial charge in [-0.15, -0.1) is 11.8 Å². The smallest absolute Gasteiger partial charge is 0.233 e. The minimum Gasteiger partial charge on any atom is -0.379 e. The van der Waals surface area contributed by atoms with Gasteiger partial charge >= 0.3 is 0 Å². The van der Waals surface area contributed by atoms with Crippen LogP contribution in [0.5, 0.6) is 0 Å². The highest BCUT2D eigenvalue weighted by molar-refractivity contribution is 8.00. The Bertz CT molecular complexity index is 764. The van der Waals surface area contributed by atoms with Crippen molar-refractivity contribution in [2.75, 3.05) is 32.8 Å². The molecular formula is C23H29FN2O2S. The summed E-state index contributed by atoms with van der Waals surface area (Å²) in [7, 11) is 0. The maximum atomic E-state index is 13.4. The largest absolute Gasteiger partial charge is 0.379 e. The summed E-state index contributed by atoms with van der Waals surface area (Å²) < 4.78 is 18.9. The van der Waals surface area contributed by atoms with Crippen molar-refractivity contribution in [1.82, 2.24) is 10.2 Å². The number of nitrogens with one attached hydrogen (secondary N) is 1. The van der Waals surface area contributed by atoms with Crippen LogP contribution in [0.4, 0.5) is 4.39 Å². The zero-order chi connectivity index (χ0) is 20.6. The maximum absolute atomic E-state index is 13.4. The van der Waals surface area contributed by atoms with E-state index in [1.807, 2.05) is 30.3 Å². The Kier molecular flexibility index (Phi) is 8.09. The summed E-state index contributed by atoms with van der Waals surface area (Å²) in [6, 6.07) is 16.6. The van der Waals surface area contributed by atoms with Gasteiger partial charge in [0.2, 0.25) is 5.91 Å². The van der Waals surface area contributed by atoms with Crippen LogP contribution in [0.1, 0.15) is 25.5 Å². The van der Waals surface area contributed by atoms with E-state index >= 15 is 0 Å². The molecule has 1 fully saturated rings. The summed E-state index contributed by atoms with van der Waals surface area (Å²) in [4.78, 5) is 16.4. The second-order valence-corrected chi connectivity index (χ2v) is 8.77. The van der Waals surface area contributed by atoms with Crippen LogP contribution in [-0.2, 0) is 9.53 Å². The van der Waals surface area contributed by atoms with Crippen LogP contribution in [0.3, 0.4) is 0 Å². The highest BCUT2D eigenvalue weighted by Crippen LogP contribution is 2.28. The number of benzene rings is 2. The standard InChI is InChI=1S/C23H29FN2O2S/c1-17(2)22(29-20-6-4-3-5-7-20)23(27)25-16-21(26-12-14-28-15-13-26)18-8-10-19(24)11-9-18/h3-11,17,21-22H,12-16H2,1-2H3,(H,25,27)/t21-,22-/m0/s1. The molecule has 6 heteroatoms. The Morgan fingerprint density at radius 1 is 1.10 bits per heavy atom. The first-order valence-electron chi connectivity index (χ1n) is 10.1. The number of hydrogen-bond acceptors (Lipinski definition) is 4. The van der Waals surface area contributed by atoms with Crippen molar-refractivity contribution in [3.63, 3.8) is 0 Å². The molecule has 156 valence electrons. The van der Waals surface area contributed by atoms with Crippen LogP contribution < -0.4 is 5.32 Å². The van der Waals surface area contributed by atoms with Crippen LogP contribution in [0, 0.1) is 11.7 Å². The summed E-state index contributed by atoms with van der Waals surface area (Å²) in [5.74, 6) is -0.0141. The molecule has 2 aromatic carbocycles. The molecule has 0 radical (unpaired) electrons. The molecule has 1 aliphatic heterocycles. The van der Waals surface area contributed by atoms with Crippen LogP contribution in [-0.4, -0.2) is 48.9 Å². The molecule has 1 amide bonds. The number of thioether (sulfide) groups is 1. The molecule has 0 unspecified atom stereocenters. The average molecular weight is 417 g/mol. The number of ether oxygens (including phenoxy) is 1. The minimum atomic E-state index is -0.252. The molecule has 0 bridgehead atoms. The van der Waals surface area contributed by atoms with E-state index in [-0.39, 0.29) is 28.9 Å². The summed E-state index contributed by atoms with van der Waals surface area (Å²) >= 11 is 1.59. The van der Waals surface area contributed by atoms with Gasteiger partial charge in [-0.05, 0) is 35.7 Å². The number of carbonyl (C=O) groups excluding carboxylic acids is 1. The van der Waals surface area contributed by atoms with Crippen LogP contribution in [0.25, 0.3) is 0 Å². The van der Waals surface area contributed by atoms with E-state index in [1.165, 1.54) is 12.1 Å². The Labute approximate surface area is 176 Å². The molecule has 29 heavy (non-hydrogen) atoms. The van der Waals surface area contributed by atoms with Crippen molar-refractivity contribution >= 4 is 17.7 Å². The lowest BCUT2D eigenvalue weighted by Gasteiger charge is -2.35. The fourth-order valence-electron chi connectivity index (χ4n) is 3.47. The fraction of sp³-hybridized carbons (Fsp3) is 0.435. The topological polar surface area (TPSA) is 41.6 Å². The molecule has 1 saturated heterocycles. The van der Waals surface area contributed by atoms with Gasteiger partial charge in [0.1, 0.15) is 5.82 Å². The maximum Gasteiger partial charge on any atom is 0.233 e. The predicted octanol–water partition coefficient (Wildman–Crippen LogP) is 4.13. The van der Waals surface area contributed by atoms with E-state index in [2.05, 4.69) is 24.1 Å². The summed E-state index contributed by atoms with van der Waals surface area (Å²) in [5, 5.41) is 2.99. The molecule has 0 spiro atoms. The summed E-state index contributed by atoms with van der Waals surface area (Å²) in [6.07, 6.45) is 0. The highest BCUT2D eigenvalue weighted by Gasteiger charge is 2.27. The lowest BCUT2D eigenvalue weighted by atomic mass is 10.0. The van der Waals surface area contributed by atoms with Crippen LogP contribution in [0.2, 0.25) is 0 Å². The molecule has 4 nitrogen and oxygen atoms in total. The van der Waals surface area contributed by atoms with Gasteiger partial charge in [-0.2, -0.15) is 0 Å². The Morgan fingerprint density at radius 3 is 2.38 bits per heavy atom. The molecule has 0 aromatic heterocycles. The van der Waals surface area contributed by atoms with Gasteiger partial charge in [0.15, 0.2) is 0 Å². The minimum absolute atomic E-state index is 0.00186. The van der Waals surface area contributed by atoms with Crippen molar-refractivity contribution in [3.05, 3.63) is 66.0 Å². The monoisotopic (exact) mass is 416 g/mol. The quantitative estimate of drug-likeness (QED) is 0.657. The van der Waals surface area contributed by atoms with Crippen molar-refractivity contribution < 1.29 is 13.9 Å². The third kappa shape index (κ3) is 6.29. The van der Waals surface area contributed by atoms with E-state index in [0.717, 1.165) is 23.5 Å². The molecule has 0 saturated carbocycles. The van der Waals surface area contributed by atoms with E-state index in [4.69, 9.17) is 4.74 Å². The van der Waals surface area contributed by atoms with E-state index in [0.29, 0.717) is 19.8 Å². The molecule has 2 atom stereocenters. The van der Waals surface area contributed by atoms with Gasteiger partial charge in [0.05, 0.1) is 24.5 Å². The average Bonchev–Trinajstić information content (AvgIpc) is 2.74. The Balaban J connectivity index is 1.69. The summed E-state index contributed by atoms with van der Waals surface area (Å²) in [6.45, 7) is 7.56. The molecular weight excluding hydrogens is 387 g/mol. The second-order valence-electron chi connectivity index (χ2n) is 7.56. The number of amides is 1. The number of nitrogens with zero attached hydrogens (tertiary/aromatic N) is 1. The lowest BCUT2D eigenvalue weighted by Crippen LogP contribution is -2.45. The Morgan fingerprint density at radius 2 is 1.76 bits per heavy atom. The van der Waals surface area contributed by atoms with Gasteiger partial charge in [-0.1, -0.05) is 44.2 Å². The van der Waals surface area contributed by atoms with Crippen molar-refractivity contribution in [2.24, 2.45) is 5.92 Å². The molecule has 2 aromatic rings. The molecule has 1 N–H and O–H groups in total. The van der Waals surface area contributed by atoms with E-state index in [9.17, 15) is 9.18 Å². The highest BCUT2D eigenvalue weighted by atomic mass is 32.2. The SMILES string of the molecule is CC(C)[C@H](Sc1ccccc1)C(=O)NC[C@@H](c1ccc(F)cc1)N1CCOCC1. The van der Waals surface area contributed by atoms with Crippen molar-refractivity contribution in [3.8, 4) is 0 Å². The zero-order valence-corrected chi connectivity index (χ0v) is 17.8. The number of hydrogen-bond donors (Lipinski definition) is 1. The predicted molar refractivity (Wildman–Crippen MR) is 115 cm³/mol. The van der Waals surface area contributed by atoms with E-state index in [1.54, 1.807) is 23.9 Å². The first kappa shape index (κ1) is 21.8. The van der Waals surface area contributed by atoms with Gasteiger partial charge in [-0.3, -0.25) is 9.69 Å². The summed E-state index contributed by atoms with van der Waals surface area (Å²) in [5.41, 5.74) is 1.01. The molecule has 1 heterocycles. The van der Waals surface area contributed by atoms with Gasteiger partial charge < -0.3 is 10.1 Å². The molecule has 3 rings (SSSR count). The lowest BCUT2D eigenvalue weighted by molar-refractivity contribution is -0.121. The fourth-order valence-corrected chi connectivity index (χ4v) is 4.54. The van der Waals surface area contributed by atoms with Crippen LogP contribution in [0.15, 0.2) is 59.5 Å². The third-order valence-corrected chi connectivity index (χ3v) is 6.64. The normalized spacial score (nSPS) is 17.1. The van der Waals surface area contributed by atoms with Crippen molar-refractivity contribution in [2.45, 2.75) is 30.0 Å². The first-order chi connectivity index (χ1) is 14.0. The van der Waals surface area contributed by atoms with Gasteiger partial charge in [-0.25, -0.2) is 4.39 Å². The molecule has 0 aliphatic carbocycles. The number of rotatable bonds is 8. The Hall–Kier alpha value is -1.89. The zero-order valence-electron chi connectivity index (χ0n) is 17.0. The van der Waals surface area contributed by atoms with Crippen molar-refractivity contribution in [1.29, 1.82) is 0 Å². The van der Waals surface area contributed by atoms with Gasteiger partial charge in [0, 0.05) is 24.5 Å². The number of carbonyl (C=O) groups is 1. The second kappa shape index (κ2) is 10.8. The first-order valence-corrected chi connectivity index (χ1v) is 11.0. The van der Waals surface area contributed by atoms with Crippen LogP contribution >= 0.6 is 11.8 Å².